The molecule has 1 saturated heterocycles. The van der Waals surface area contributed by atoms with Crippen LogP contribution in [0.1, 0.15) is 28.5 Å². The number of fused-ring (bicyclic) bond motifs is 4. The van der Waals surface area contributed by atoms with Crippen LogP contribution < -0.4 is 0 Å². The first-order valence-electron chi connectivity index (χ1n) is 9.21. The molecule has 1 unspecified atom stereocenters. The molecule has 2 aliphatic rings. The molecule has 1 fully saturated rings. The van der Waals surface area contributed by atoms with Gasteiger partial charge in [-0.2, -0.15) is 13.5 Å². The van der Waals surface area contributed by atoms with Gasteiger partial charge in [-0.05, 0) is 6.04 Å². The van der Waals surface area contributed by atoms with E-state index in [1.54, 1.807) is 10.1 Å². The van der Waals surface area contributed by atoms with Crippen molar-refractivity contribution in [3.05, 3.63) is 28.2 Å². The number of rotatable bonds is 8. The lowest BCUT2D eigenvalue weighted by Crippen LogP contribution is -2.37. The summed E-state index contributed by atoms with van der Waals surface area (Å²) in [5, 5.41) is 8.81. The summed E-state index contributed by atoms with van der Waals surface area (Å²) in [6.45, 7) is 7.80. The lowest BCUT2D eigenvalue weighted by molar-refractivity contribution is -0.0308. The van der Waals surface area contributed by atoms with Crippen LogP contribution in [0.15, 0.2) is 11.8 Å². The molecule has 2 amide bonds. The fraction of sp³-hybridized carbons (Fsp3) is 0.600. The van der Waals surface area contributed by atoms with E-state index in [1.807, 2.05) is 0 Å². The first-order chi connectivity index (χ1) is 14.1. The Bertz CT molecular complexity index is 1050. The third kappa shape index (κ3) is 4.13. The first kappa shape index (κ1) is 21.3. The molecule has 15 heteroatoms. The Kier molecular flexibility index (Phi) is 5.44. The zero-order chi connectivity index (χ0) is 21.7. The minimum absolute atomic E-state index is 0.164. The third-order valence-electron chi connectivity index (χ3n) is 4.88. The summed E-state index contributed by atoms with van der Waals surface area (Å²) < 4.78 is 43.6. The van der Waals surface area contributed by atoms with E-state index in [-0.39, 0.29) is 13.3 Å². The monoisotopic (exact) mass is 474 g/mol. The Balaban J connectivity index is 1.60. The van der Waals surface area contributed by atoms with E-state index in [2.05, 4.69) is 39.1 Å². The zero-order valence-electron chi connectivity index (χ0n) is 16.6. The highest BCUT2D eigenvalue weighted by Crippen LogP contribution is 2.47. The van der Waals surface area contributed by atoms with Gasteiger partial charge in [0.2, 0.25) is 0 Å². The van der Waals surface area contributed by atoms with Crippen LogP contribution in [0, 0.1) is 0 Å². The molecular weight excluding hydrogens is 452 g/mol. The molecule has 0 aromatic carbocycles. The summed E-state index contributed by atoms with van der Waals surface area (Å²) >= 11 is 1.28. The van der Waals surface area contributed by atoms with Gasteiger partial charge in [-0.3, -0.25) is 9.12 Å². The summed E-state index contributed by atoms with van der Waals surface area (Å²) in [6.07, 6.45) is 1.52. The van der Waals surface area contributed by atoms with Crippen molar-refractivity contribution in [2.45, 2.75) is 44.5 Å². The van der Waals surface area contributed by atoms with Crippen LogP contribution in [0.25, 0.3) is 0 Å². The van der Waals surface area contributed by atoms with Crippen LogP contribution in [-0.4, -0.2) is 69.9 Å². The van der Waals surface area contributed by atoms with E-state index in [0.717, 1.165) is 6.04 Å². The standard InChI is InChI=1S/C15H22N6O6S2Si/c1-30(2,3)5-4-26-9-19-7-17-18-14(19)12-11-13(28-8-16-11)10-6-20(12)15(22)21(10)27-29(23,24)25/h7-8,10,12H,4-6,9H2,1-3H3,(H,23,24,25)/t10?,12-/m0/s1. The topological polar surface area (TPSA) is 140 Å². The van der Waals surface area contributed by atoms with Crippen LogP contribution in [0.2, 0.25) is 25.7 Å². The average Bonchev–Trinajstić information content (AvgIpc) is 3.34. The molecule has 2 bridgehead atoms. The second kappa shape index (κ2) is 7.65. The normalized spacial score (nSPS) is 21.4. The van der Waals surface area contributed by atoms with Crippen LogP contribution in [0.5, 0.6) is 0 Å². The smallest absolute Gasteiger partial charge is 0.361 e. The highest BCUT2D eigenvalue weighted by Gasteiger charge is 2.53. The van der Waals surface area contributed by atoms with Gasteiger partial charge in [0.15, 0.2) is 5.82 Å². The number of nitrogens with zero attached hydrogens (tertiary/aromatic N) is 6. The molecule has 0 aliphatic carbocycles. The van der Waals surface area contributed by atoms with Gasteiger partial charge in [0.1, 0.15) is 25.1 Å². The van der Waals surface area contributed by atoms with Gasteiger partial charge in [0.25, 0.3) is 0 Å². The predicted molar refractivity (Wildman–Crippen MR) is 107 cm³/mol. The number of carbonyl (C=O) groups is 1. The number of aromatic nitrogens is 4. The Morgan fingerprint density at radius 1 is 1.37 bits per heavy atom. The van der Waals surface area contributed by atoms with Crippen molar-refractivity contribution >= 4 is 35.8 Å². The highest BCUT2D eigenvalue weighted by molar-refractivity contribution is 7.80. The molecule has 164 valence electrons. The predicted octanol–water partition coefficient (Wildman–Crippen LogP) is 1.66. The van der Waals surface area contributed by atoms with Crippen molar-refractivity contribution in [1.82, 2.24) is 29.7 Å². The molecule has 2 aliphatic heterocycles. The lowest BCUT2D eigenvalue weighted by Gasteiger charge is -2.29. The van der Waals surface area contributed by atoms with E-state index in [0.29, 0.717) is 28.1 Å². The highest BCUT2D eigenvalue weighted by atomic mass is 32.3. The number of ether oxygens (including phenoxy) is 1. The summed E-state index contributed by atoms with van der Waals surface area (Å²) in [4.78, 5) is 19.3. The molecule has 1 N–H and O–H groups in total. The SMILES string of the molecule is C[Si](C)(C)CCOCn1cnnc1[C@@H]1c2ncsc2C2CN1C(=O)N2OS(=O)(=O)O. The lowest BCUT2D eigenvalue weighted by atomic mass is 10.0. The van der Waals surface area contributed by atoms with E-state index in [4.69, 9.17) is 9.29 Å². The zero-order valence-corrected chi connectivity index (χ0v) is 19.3. The maximum atomic E-state index is 12.9. The molecular formula is C15H22N6O6S2Si. The molecule has 4 heterocycles. The summed E-state index contributed by atoms with van der Waals surface area (Å²) in [7, 11) is -6.09. The molecule has 30 heavy (non-hydrogen) atoms. The molecule has 2 atom stereocenters. The van der Waals surface area contributed by atoms with Crippen molar-refractivity contribution in [3.63, 3.8) is 0 Å². The maximum Gasteiger partial charge on any atom is 0.418 e. The van der Waals surface area contributed by atoms with E-state index in [1.165, 1.54) is 22.6 Å². The molecule has 0 saturated carbocycles. The Hall–Kier alpha value is -1.91. The molecule has 12 nitrogen and oxygen atoms in total. The summed E-state index contributed by atoms with van der Waals surface area (Å²) in [5.74, 6) is 0.454. The molecule has 2 aromatic heterocycles. The average molecular weight is 475 g/mol. The Morgan fingerprint density at radius 2 is 2.13 bits per heavy atom. The second-order valence-corrected chi connectivity index (χ2v) is 15.8. The van der Waals surface area contributed by atoms with E-state index >= 15 is 0 Å². The first-order valence-corrected chi connectivity index (χ1v) is 15.2. The Morgan fingerprint density at radius 3 is 2.83 bits per heavy atom. The molecule has 4 rings (SSSR count). The van der Waals surface area contributed by atoms with Gasteiger partial charge in [-0.15, -0.1) is 25.8 Å². The van der Waals surface area contributed by atoms with E-state index < -0.39 is 36.6 Å². The van der Waals surface area contributed by atoms with Gasteiger partial charge in [-0.1, -0.05) is 19.6 Å². The number of hydroxylamine groups is 2. The van der Waals surface area contributed by atoms with Crippen molar-refractivity contribution in [2.24, 2.45) is 0 Å². The minimum atomic E-state index is -4.86. The number of urea groups is 1. The van der Waals surface area contributed by atoms with Crippen molar-refractivity contribution in [3.8, 4) is 0 Å². The summed E-state index contributed by atoms with van der Waals surface area (Å²) in [6, 6.07) is -1.06. The van der Waals surface area contributed by atoms with Gasteiger partial charge in [0, 0.05) is 14.7 Å². The number of carbonyl (C=O) groups excluding carboxylic acids is 1. The quantitative estimate of drug-likeness (QED) is 0.343. The van der Waals surface area contributed by atoms with Gasteiger partial charge in [0.05, 0.1) is 22.6 Å². The largest absolute Gasteiger partial charge is 0.418 e. The number of hydrogen-bond donors (Lipinski definition) is 1. The molecule has 0 radical (unpaired) electrons. The van der Waals surface area contributed by atoms with Crippen LogP contribution >= 0.6 is 11.3 Å². The van der Waals surface area contributed by atoms with Gasteiger partial charge >= 0.3 is 16.4 Å². The Labute approximate surface area is 178 Å². The van der Waals surface area contributed by atoms with Gasteiger partial charge in [-0.25, -0.2) is 9.78 Å². The fourth-order valence-corrected chi connectivity index (χ4v) is 5.45. The number of hydrogen-bond acceptors (Lipinski definition) is 9. The van der Waals surface area contributed by atoms with Crippen molar-refractivity contribution in [1.29, 1.82) is 0 Å². The maximum absolute atomic E-state index is 12.9. The number of amides is 2. The molecule has 2 aromatic rings. The van der Waals surface area contributed by atoms with Crippen LogP contribution in [-0.2, 0) is 26.2 Å². The second-order valence-electron chi connectivity index (χ2n) is 8.29. The third-order valence-corrected chi connectivity index (χ3v) is 7.87. The summed E-state index contributed by atoms with van der Waals surface area (Å²) in [5.41, 5.74) is 2.18. The van der Waals surface area contributed by atoms with Crippen LogP contribution in [0.3, 0.4) is 0 Å². The fourth-order valence-electron chi connectivity index (χ4n) is 3.43. The van der Waals surface area contributed by atoms with Crippen molar-refractivity contribution < 1.29 is 26.8 Å². The van der Waals surface area contributed by atoms with Crippen LogP contribution in [0.4, 0.5) is 4.79 Å². The van der Waals surface area contributed by atoms with E-state index in [9.17, 15) is 13.2 Å². The van der Waals surface area contributed by atoms with Crippen molar-refractivity contribution in [2.75, 3.05) is 13.2 Å². The van der Waals surface area contributed by atoms with Gasteiger partial charge < -0.3 is 9.64 Å². The molecule has 0 spiro atoms. The number of thiazole rings is 1. The minimum Gasteiger partial charge on any atom is -0.361 e.